The molecule has 0 aromatic carbocycles. The minimum Gasteiger partial charge on any atom is -0.462 e. The van der Waals surface area contributed by atoms with Gasteiger partial charge in [0.15, 0.2) is 11.6 Å². The van der Waals surface area contributed by atoms with Gasteiger partial charge in [-0.3, -0.25) is 9.59 Å². The Kier molecular flexibility index (Phi) is 13.4. The van der Waals surface area contributed by atoms with Crippen LogP contribution in [0.15, 0.2) is 50.6 Å². The van der Waals surface area contributed by atoms with E-state index in [1.165, 1.54) is 12.2 Å². The van der Waals surface area contributed by atoms with E-state index in [1.807, 2.05) is 13.8 Å². The zero-order chi connectivity index (χ0) is 19.9. The van der Waals surface area contributed by atoms with Crippen molar-refractivity contribution < 1.29 is 28.7 Å². The lowest BCUT2D eigenvalue weighted by molar-refractivity contribution is -0.141. The summed E-state index contributed by atoms with van der Waals surface area (Å²) in [6, 6.07) is 0. The topological polar surface area (TPSA) is 86.7 Å². The molecule has 0 rings (SSSR count). The summed E-state index contributed by atoms with van der Waals surface area (Å²) in [7, 11) is 0. The average Bonchev–Trinajstić information content (AvgIpc) is 2.59. The standard InChI is InChI=1S/C11H16O3.C8H10O3/c1-5-9(12)7-11(3,4)8-14-10(13)6-2;1-3-7(9)5-6-11-8(10)4-2/h5-6H,1-2,7-8H2,3-4H3;3-4H,1-2,5-6H2. The number of allylic oxidation sites excluding steroid dienone is 2. The Labute approximate surface area is 148 Å². The van der Waals surface area contributed by atoms with E-state index in [-0.39, 0.29) is 36.6 Å². The molecular weight excluding hydrogens is 324 g/mol. The number of esters is 2. The molecule has 0 spiro atoms. The molecule has 0 atom stereocenters. The molecule has 6 nitrogen and oxygen atoms in total. The third-order valence-electron chi connectivity index (χ3n) is 2.64. The lowest BCUT2D eigenvalue weighted by atomic mass is 9.88. The number of ketones is 2. The molecule has 0 aliphatic heterocycles. The molecule has 0 aliphatic rings. The Morgan fingerprint density at radius 3 is 1.72 bits per heavy atom. The molecule has 0 heterocycles. The number of carbonyl (C=O) groups is 4. The summed E-state index contributed by atoms with van der Waals surface area (Å²) in [5, 5.41) is 0. The third kappa shape index (κ3) is 15.9. The summed E-state index contributed by atoms with van der Waals surface area (Å²) in [6.45, 7) is 17.1. The first-order chi connectivity index (χ1) is 11.6. The Balaban J connectivity index is 0. The van der Waals surface area contributed by atoms with E-state index in [2.05, 4.69) is 31.1 Å². The van der Waals surface area contributed by atoms with Gasteiger partial charge < -0.3 is 9.47 Å². The van der Waals surface area contributed by atoms with Crippen molar-refractivity contribution >= 4 is 23.5 Å². The largest absolute Gasteiger partial charge is 0.462 e. The Hall–Kier alpha value is -2.76. The molecule has 138 valence electrons. The Morgan fingerprint density at radius 2 is 1.28 bits per heavy atom. The molecule has 0 unspecified atom stereocenters. The van der Waals surface area contributed by atoms with Crippen molar-refractivity contribution in [2.45, 2.75) is 26.7 Å². The van der Waals surface area contributed by atoms with Crippen molar-refractivity contribution in [3.63, 3.8) is 0 Å². The zero-order valence-electron chi connectivity index (χ0n) is 14.9. The highest BCUT2D eigenvalue weighted by atomic mass is 16.5. The molecule has 25 heavy (non-hydrogen) atoms. The van der Waals surface area contributed by atoms with Crippen LogP contribution >= 0.6 is 0 Å². The highest BCUT2D eigenvalue weighted by Crippen LogP contribution is 2.21. The molecular formula is C19H26O6. The van der Waals surface area contributed by atoms with Gasteiger partial charge in [-0.05, 0) is 12.2 Å². The number of hydrogen-bond donors (Lipinski definition) is 0. The summed E-state index contributed by atoms with van der Waals surface area (Å²) in [6.07, 6.45) is 5.13. The van der Waals surface area contributed by atoms with Gasteiger partial charge in [0, 0.05) is 30.4 Å². The van der Waals surface area contributed by atoms with Crippen LogP contribution in [0.5, 0.6) is 0 Å². The van der Waals surface area contributed by atoms with Crippen molar-refractivity contribution in [3.8, 4) is 0 Å². The summed E-state index contributed by atoms with van der Waals surface area (Å²) in [5.74, 6) is -1.17. The molecule has 0 N–H and O–H groups in total. The van der Waals surface area contributed by atoms with Crippen LogP contribution in [0.4, 0.5) is 0 Å². The second-order valence-electron chi connectivity index (χ2n) is 5.62. The first-order valence-electron chi connectivity index (χ1n) is 7.50. The van der Waals surface area contributed by atoms with E-state index >= 15 is 0 Å². The van der Waals surface area contributed by atoms with Gasteiger partial charge in [0.25, 0.3) is 0 Å². The smallest absolute Gasteiger partial charge is 0.330 e. The molecule has 0 bridgehead atoms. The third-order valence-corrected chi connectivity index (χ3v) is 2.64. The highest BCUT2D eigenvalue weighted by molar-refractivity contribution is 5.90. The lowest BCUT2D eigenvalue weighted by Crippen LogP contribution is -2.24. The van der Waals surface area contributed by atoms with Crippen LogP contribution in [0.3, 0.4) is 0 Å². The predicted molar refractivity (Wildman–Crippen MR) is 95.7 cm³/mol. The molecule has 0 saturated carbocycles. The van der Waals surface area contributed by atoms with Crippen LogP contribution in [0.25, 0.3) is 0 Å². The van der Waals surface area contributed by atoms with Crippen molar-refractivity contribution in [2.75, 3.05) is 13.2 Å². The molecule has 0 aromatic rings. The molecule has 0 saturated heterocycles. The summed E-state index contributed by atoms with van der Waals surface area (Å²) >= 11 is 0. The van der Waals surface area contributed by atoms with Gasteiger partial charge in [0.05, 0.1) is 13.2 Å². The van der Waals surface area contributed by atoms with Crippen LogP contribution in [0, 0.1) is 5.41 Å². The normalized spacial score (nSPS) is 9.52. The Morgan fingerprint density at radius 1 is 0.800 bits per heavy atom. The van der Waals surface area contributed by atoms with Crippen LogP contribution in [0.1, 0.15) is 26.7 Å². The van der Waals surface area contributed by atoms with Gasteiger partial charge in [-0.2, -0.15) is 0 Å². The second-order valence-corrected chi connectivity index (χ2v) is 5.62. The monoisotopic (exact) mass is 350 g/mol. The molecule has 0 fully saturated rings. The number of ether oxygens (including phenoxy) is 2. The number of hydrogen-bond acceptors (Lipinski definition) is 6. The highest BCUT2D eigenvalue weighted by Gasteiger charge is 2.22. The van der Waals surface area contributed by atoms with E-state index in [1.54, 1.807) is 0 Å². The van der Waals surface area contributed by atoms with E-state index in [4.69, 9.17) is 4.74 Å². The van der Waals surface area contributed by atoms with Gasteiger partial charge >= 0.3 is 11.9 Å². The maximum Gasteiger partial charge on any atom is 0.330 e. The number of carbonyl (C=O) groups excluding carboxylic acids is 4. The second kappa shape index (κ2) is 13.7. The Bertz CT molecular complexity index is 508. The fourth-order valence-electron chi connectivity index (χ4n) is 1.33. The molecule has 6 heteroatoms. The minimum atomic E-state index is -0.512. The first-order valence-corrected chi connectivity index (χ1v) is 7.50. The quantitative estimate of drug-likeness (QED) is 0.421. The predicted octanol–water partition coefficient (Wildman–Crippen LogP) is 2.75. The van der Waals surface area contributed by atoms with Crippen LogP contribution in [0.2, 0.25) is 0 Å². The van der Waals surface area contributed by atoms with Gasteiger partial charge in [-0.15, -0.1) is 0 Å². The van der Waals surface area contributed by atoms with Crippen molar-refractivity contribution in [2.24, 2.45) is 5.41 Å². The fraction of sp³-hybridized carbons (Fsp3) is 0.368. The van der Waals surface area contributed by atoms with E-state index in [0.717, 1.165) is 12.2 Å². The minimum absolute atomic E-state index is 0.0512. The zero-order valence-corrected chi connectivity index (χ0v) is 14.9. The SMILES string of the molecule is C=CC(=O)CC(C)(C)COC(=O)C=C.C=CC(=O)CCOC(=O)C=C. The van der Waals surface area contributed by atoms with Gasteiger partial charge in [-0.25, -0.2) is 9.59 Å². The van der Waals surface area contributed by atoms with Crippen LogP contribution in [-0.4, -0.2) is 36.7 Å². The first kappa shape index (κ1) is 24.5. The van der Waals surface area contributed by atoms with Gasteiger partial charge in [0.2, 0.25) is 0 Å². The van der Waals surface area contributed by atoms with Gasteiger partial charge in [0.1, 0.15) is 0 Å². The van der Waals surface area contributed by atoms with Crippen LogP contribution in [-0.2, 0) is 28.7 Å². The summed E-state index contributed by atoms with van der Waals surface area (Å²) < 4.78 is 9.40. The molecule has 0 amide bonds. The fourth-order valence-corrected chi connectivity index (χ4v) is 1.33. The van der Waals surface area contributed by atoms with E-state index < -0.39 is 11.9 Å². The maximum absolute atomic E-state index is 11.1. The molecule has 0 aliphatic carbocycles. The van der Waals surface area contributed by atoms with Crippen molar-refractivity contribution in [1.29, 1.82) is 0 Å². The lowest BCUT2D eigenvalue weighted by Gasteiger charge is -2.22. The van der Waals surface area contributed by atoms with Gasteiger partial charge in [-0.1, -0.05) is 40.2 Å². The van der Waals surface area contributed by atoms with Crippen LogP contribution < -0.4 is 0 Å². The van der Waals surface area contributed by atoms with E-state index in [0.29, 0.717) is 6.42 Å². The average molecular weight is 350 g/mol. The summed E-state index contributed by atoms with van der Waals surface area (Å²) in [4.78, 5) is 42.8. The maximum atomic E-state index is 11.1. The molecule has 0 aromatic heterocycles. The summed E-state index contributed by atoms with van der Waals surface area (Å²) in [5.41, 5.74) is -0.357. The number of rotatable bonds is 11. The van der Waals surface area contributed by atoms with Crippen molar-refractivity contribution in [3.05, 3.63) is 50.6 Å². The van der Waals surface area contributed by atoms with E-state index in [9.17, 15) is 19.2 Å². The van der Waals surface area contributed by atoms with Crippen molar-refractivity contribution in [1.82, 2.24) is 0 Å². The molecule has 0 radical (unpaired) electrons.